The largest absolute Gasteiger partial charge is 0.410 e. The topological polar surface area (TPSA) is 9.23 Å². The highest BCUT2D eigenvalue weighted by Gasteiger charge is 2.34. The number of hydrogen-bond donors (Lipinski definition) is 0. The van der Waals surface area contributed by atoms with Gasteiger partial charge in [0.2, 0.25) is 0 Å². The molecule has 0 radical (unpaired) electrons. The van der Waals surface area contributed by atoms with E-state index >= 15 is 0 Å². The minimum Gasteiger partial charge on any atom is -0.410 e. The van der Waals surface area contributed by atoms with Crippen molar-refractivity contribution in [3.05, 3.63) is 35.9 Å². The molecule has 0 N–H and O–H groups in total. The molecule has 0 saturated heterocycles. The zero-order chi connectivity index (χ0) is 15.0. The summed E-state index contributed by atoms with van der Waals surface area (Å²) in [6.07, 6.45) is 2.75. The van der Waals surface area contributed by atoms with E-state index in [4.69, 9.17) is 4.43 Å². The maximum atomic E-state index is 6.82. The van der Waals surface area contributed by atoms with Crippen LogP contribution < -0.4 is 0 Å². The van der Waals surface area contributed by atoms with Gasteiger partial charge < -0.3 is 4.43 Å². The van der Waals surface area contributed by atoms with Crippen molar-refractivity contribution in [1.29, 1.82) is 0 Å². The van der Waals surface area contributed by atoms with E-state index in [2.05, 4.69) is 65.0 Å². The Morgan fingerprint density at radius 3 is 1.95 bits per heavy atom. The average molecular weight is 293 g/mol. The SMILES string of the molecule is CCC[C@@H](C)[C@@H](O[Si](CC)(CC)CC)c1ccccc1. The molecule has 20 heavy (non-hydrogen) atoms. The van der Waals surface area contributed by atoms with Gasteiger partial charge in [-0.15, -0.1) is 0 Å². The molecule has 1 aromatic carbocycles. The smallest absolute Gasteiger partial charge is 0.192 e. The lowest BCUT2D eigenvalue weighted by molar-refractivity contribution is 0.125. The van der Waals surface area contributed by atoms with Crippen LogP contribution in [0.15, 0.2) is 30.3 Å². The van der Waals surface area contributed by atoms with Crippen molar-refractivity contribution in [3.63, 3.8) is 0 Å². The normalized spacial score (nSPS) is 15.1. The van der Waals surface area contributed by atoms with Gasteiger partial charge in [-0.05, 0) is 36.0 Å². The molecule has 2 atom stereocenters. The molecule has 1 rings (SSSR count). The highest BCUT2D eigenvalue weighted by atomic mass is 28.4. The predicted molar refractivity (Wildman–Crippen MR) is 91.5 cm³/mol. The second kappa shape index (κ2) is 8.63. The monoisotopic (exact) mass is 292 g/mol. The van der Waals surface area contributed by atoms with Crippen LogP contribution in [0.2, 0.25) is 18.1 Å². The molecule has 0 aliphatic rings. The van der Waals surface area contributed by atoms with Gasteiger partial charge in [-0.2, -0.15) is 0 Å². The first-order valence-corrected chi connectivity index (χ1v) is 10.9. The summed E-state index contributed by atoms with van der Waals surface area (Å²) in [5.74, 6) is 0.596. The first kappa shape index (κ1) is 17.4. The molecule has 0 aliphatic heterocycles. The number of hydrogen-bond acceptors (Lipinski definition) is 1. The Morgan fingerprint density at radius 2 is 1.50 bits per heavy atom. The maximum Gasteiger partial charge on any atom is 0.192 e. The van der Waals surface area contributed by atoms with Crippen LogP contribution in [0.1, 0.15) is 59.1 Å². The van der Waals surface area contributed by atoms with E-state index in [1.165, 1.54) is 36.5 Å². The fourth-order valence-corrected chi connectivity index (χ4v) is 5.94. The van der Waals surface area contributed by atoms with Crippen LogP contribution in [0.5, 0.6) is 0 Å². The Kier molecular flexibility index (Phi) is 7.53. The summed E-state index contributed by atoms with van der Waals surface area (Å²) in [5, 5.41) is 0. The highest BCUT2D eigenvalue weighted by Crippen LogP contribution is 2.35. The first-order valence-electron chi connectivity index (χ1n) is 8.35. The van der Waals surface area contributed by atoms with E-state index in [0.29, 0.717) is 5.92 Å². The van der Waals surface area contributed by atoms with Crippen LogP contribution in [0, 0.1) is 5.92 Å². The van der Waals surface area contributed by atoms with E-state index < -0.39 is 8.32 Å². The molecule has 114 valence electrons. The van der Waals surface area contributed by atoms with Crippen molar-refractivity contribution in [2.24, 2.45) is 5.92 Å². The second-order valence-electron chi connectivity index (χ2n) is 5.96. The summed E-state index contributed by atoms with van der Waals surface area (Å²) >= 11 is 0. The Hall–Kier alpha value is -0.603. The molecule has 0 spiro atoms. The third-order valence-corrected chi connectivity index (χ3v) is 9.32. The van der Waals surface area contributed by atoms with E-state index in [9.17, 15) is 0 Å². The van der Waals surface area contributed by atoms with Crippen LogP contribution in [-0.2, 0) is 4.43 Å². The van der Waals surface area contributed by atoms with E-state index in [-0.39, 0.29) is 6.10 Å². The number of rotatable bonds is 9. The summed E-state index contributed by atoms with van der Waals surface area (Å²) in [6.45, 7) is 11.5. The van der Waals surface area contributed by atoms with E-state index in [0.717, 1.165) is 0 Å². The molecule has 1 aromatic rings. The minimum absolute atomic E-state index is 0.280. The van der Waals surface area contributed by atoms with Gasteiger partial charge in [-0.1, -0.05) is 71.4 Å². The van der Waals surface area contributed by atoms with Crippen molar-refractivity contribution >= 4 is 8.32 Å². The molecule has 0 bridgehead atoms. The van der Waals surface area contributed by atoms with Crippen molar-refractivity contribution in [2.75, 3.05) is 0 Å². The van der Waals surface area contributed by atoms with Crippen molar-refractivity contribution < 1.29 is 4.43 Å². The Balaban J connectivity index is 2.99. The van der Waals surface area contributed by atoms with Gasteiger partial charge >= 0.3 is 0 Å². The van der Waals surface area contributed by atoms with Crippen molar-refractivity contribution in [2.45, 2.75) is 71.7 Å². The lowest BCUT2D eigenvalue weighted by Crippen LogP contribution is -2.38. The Bertz CT molecular complexity index is 351. The molecule has 1 nitrogen and oxygen atoms in total. The lowest BCUT2D eigenvalue weighted by Gasteiger charge is -2.36. The molecule has 0 unspecified atom stereocenters. The highest BCUT2D eigenvalue weighted by molar-refractivity contribution is 6.73. The molecule has 0 heterocycles. The first-order chi connectivity index (χ1) is 9.62. The Labute approximate surface area is 126 Å². The fourth-order valence-electron chi connectivity index (χ4n) is 3.03. The lowest BCUT2D eigenvalue weighted by atomic mass is 9.94. The van der Waals surface area contributed by atoms with Crippen molar-refractivity contribution in [1.82, 2.24) is 0 Å². The summed E-state index contributed by atoms with van der Waals surface area (Å²) in [6, 6.07) is 14.5. The van der Waals surface area contributed by atoms with Gasteiger partial charge in [-0.3, -0.25) is 0 Å². The quantitative estimate of drug-likeness (QED) is 0.493. The van der Waals surface area contributed by atoms with Gasteiger partial charge in [0, 0.05) is 0 Å². The van der Waals surface area contributed by atoms with Crippen LogP contribution in [-0.4, -0.2) is 8.32 Å². The van der Waals surface area contributed by atoms with Crippen molar-refractivity contribution in [3.8, 4) is 0 Å². The van der Waals surface area contributed by atoms with Crippen LogP contribution in [0.25, 0.3) is 0 Å². The van der Waals surface area contributed by atoms with Gasteiger partial charge in [0.1, 0.15) is 0 Å². The predicted octanol–water partition coefficient (Wildman–Crippen LogP) is 6.19. The minimum atomic E-state index is -1.56. The summed E-state index contributed by atoms with van der Waals surface area (Å²) in [5.41, 5.74) is 1.36. The average Bonchev–Trinajstić information content (AvgIpc) is 2.50. The third kappa shape index (κ3) is 4.46. The molecule has 0 aromatic heterocycles. The maximum absolute atomic E-state index is 6.82. The van der Waals surface area contributed by atoms with Gasteiger partial charge in [0.05, 0.1) is 6.10 Å². The zero-order valence-electron chi connectivity index (χ0n) is 14.0. The van der Waals surface area contributed by atoms with Crippen LogP contribution in [0.4, 0.5) is 0 Å². The van der Waals surface area contributed by atoms with Gasteiger partial charge in [0.25, 0.3) is 0 Å². The van der Waals surface area contributed by atoms with Gasteiger partial charge in [0.15, 0.2) is 8.32 Å². The fraction of sp³-hybridized carbons (Fsp3) is 0.667. The molecule has 0 saturated carbocycles. The van der Waals surface area contributed by atoms with Crippen LogP contribution in [0.3, 0.4) is 0 Å². The molecule has 0 amide bonds. The molecule has 0 aliphatic carbocycles. The number of benzene rings is 1. The third-order valence-electron chi connectivity index (χ3n) is 4.70. The summed E-state index contributed by atoms with van der Waals surface area (Å²) < 4.78 is 6.82. The van der Waals surface area contributed by atoms with E-state index in [1.54, 1.807) is 0 Å². The van der Waals surface area contributed by atoms with Crippen LogP contribution >= 0.6 is 0 Å². The molecule has 2 heteroatoms. The molecular formula is C18H32OSi. The second-order valence-corrected chi connectivity index (χ2v) is 10.7. The molecule has 0 fully saturated rings. The summed E-state index contributed by atoms with van der Waals surface area (Å²) in [7, 11) is -1.56. The van der Waals surface area contributed by atoms with Gasteiger partial charge in [-0.25, -0.2) is 0 Å². The zero-order valence-corrected chi connectivity index (χ0v) is 15.0. The summed E-state index contributed by atoms with van der Waals surface area (Å²) in [4.78, 5) is 0. The Morgan fingerprint density at radius 1 is 0.950 bits per heavy atom. The molecular weight excluding hydrogens is 260 g/mol. The van der Waals surface area contributed by atoms with E-state index in [1.807, 2.05) is 0 Å². The standard InChI is InChI=1S/C18H32OSi/c1-6-13-16(5)18(17-14-11-10-12-15-17)19-20(7-2,8-3)9-4/h10-12,14-16,18H,6-9,13H2,1-5H3/t16-,18-/m1/s1.